The van der Waals surface area contributed by atoms with E-state index in [0.717, 1.165) is 37.3 Å². The fraction of sp³-hybridized carbons (Fsp3) is 0.611. The van der Waals surface area contributed by atoms with Crippen molar-refractivity contribution in [2.45, 2.75) is 33.2 Å². The molecule has 22 heavy (non-hydrogen) atoms. The highest BCUT2D eigenvalue weighted by Crippen LogP contribution is 2.16. The molecule has 1 aliphatic rings. The Morgan fingerprint density at radius 2 is 1.77 bits per heavy atom. The zero-order valence-corrected chi connectivity index (χ0v) is 14.6. The monoisotopic (exact) mass is 303 g/mol. The zero-order chi connectivity index (χ0) is 16.3. The molecule has 1 saturated heterocycles. The summed E-state index contributed by atoms with van der Waals surface area (Å²) in [5, 5.41) is 3.10. The predicted molar refractivity (Wildman–Crippen MR) is 91.4 cm³/mol. The van der Waals surface area contributed by atoms with Crippen LogP contribution < -0.4 is 5.32 Å². The second-order valence-electron chi connectivity index (χ2n) is 7.08. The van der Waals surface area contributed by atoms with E-state index >= 15 is 0 Å². The fourth-order valence-corrected chi connectivity index (χ4v) is 2.80. The van der Waals surface area contributed by atoms with Crippen molar-refractivity contribution in [3.8, 4) is 0 Å². The summed E-state index contributed by atoms with van der Waals surface area (Å²) in [5.74, 6) is 0.0188. The van der Waals surface area contributed by atoms with Gasteiger partial charge in [-0.25, -0.2) is 0 Å². The molecule has 122 valence electrons. The molecule has 0 unspecified atom stereocenters. The largest absolute Gasteiger partial charge is 0.350 e. The molecule has 0 atom stereocenters. The molecule has 4 heteroatoms. The van der Waals surface area contributed by atoms with E-state index in [1.807, 2.05) is 25.1 Å². The molecule has 1 heterocycles. The molecular formula is C18H29N3O. The number of carbonyl (C=O) groups excluding carboxylic acids is 1. The summed E-state index contributed by atoms with van der Waals surface area (Å²) in [6.45, 7) is 13.5. The summed E-state index contributed by atoms with van der Waals surface area (Å²) >= 11 is 0. The molecule has 0 bridgehead atoms. The van der Waals surface area contributed by atoms with Gasteiger partial charge in [-0.15, -0.1) is 0 Å². The molecule has 1 N–H and O–H groups in total. The summed E-state index contributed by atoms with van der Waals surface area (Å²) in [6, 6.07) is 5.88. The van der Waals surface area contributed by atoms with Crippen molar-refractivity contribution in [2.24, 2.45) is 0 Å². The van der Waals surface area contributed by atoms with Gasteiger partial charge in [0.05, 0.1) is 0 Å². The topological polar surface area (TPSA) is 35.6 Å². The van der Waals surface area contributed by atoms with Crippen LogP contribution in [0.2, 0.25) is 0 Å². The van der Waals surface area contributed by atoms with Gasteiger partial charge in [-0.1, -0.05) is 6.07 Å². The van der Waals surface area contributed by atoms with Gasteiger partial charge in [-0.05, 0) is 58.0 Å². The molecule has 0 saturated carbocycles. The van der Waals surface area contributed by atoms with E-state index in [4.69, 9.17) is 0 Å². The van der Waals surface area contributed by atoms with Gasteiger partial charge in [0.25, 0.3) is 5.91 Å². The molecule has 1 aromatic rings. The number of nitrogens with one attached hydrogen (secondary N) is 1. The van der Waals surface area contributed by atoms with Crippen molar-refractivity contribution < 1.29 is 4.79 Å². The average molecular weight is 303 g/mol. The third kappa shape index (κ3) is 4.08. The number of piperazine rings is 1. The van der Waals surface area contributed by atoms with E-state index in [1.165, 1.54) is 5.56 Å². The molecule has 1 aromatic carbocycles. The van der Waals surface area contributed by atoms with Crippen LogP contribution in [-0.2, 0) is 0 Å². The molecule has 0 aromatic heterocycles. The van der Waals surface area contributed by atoms with Crippen molar-refractivity contribution in [1.82, 2.24) is 15.1 Å². The van der Waals surface area contributed by atoms with Crippen molar-refractivity contribution in [2.75, 3.05) is 39.8 Å². The molecule has 1 amide bonds. The third-order valence-electron chi connectivity index (χ3n) is 4.81. The van der Waals surface area contributed by atoms with Crippen LogP contribution in [0.1, 0.15) is 35.3 Å². The standard InChI is InChI=1S/C18H29N3O/c1-14-6-7-16(12-15(14)2)17(22)19-13-18(3,4)21-10-8-20(5)9-11-21/h6-7,12H,8-11,13H2,1-5H3,(H,19,22). The number of carbonyl (C=O) groups is 1. The normalized spacial score (nSPS) is 17.5. The molecule has 0 radical (unpaired) electrons. The van der Waals surface area contributed by atoms with Gasteiger partial charge in [0, 0.05) is 43.8 Å². The van der Waals surface area contributed by atoms with Gasteiger partial charge in [-0.3, -0.25) is 9.69 Å². The Bertz CT molecular complexity index is 531. The minimum atomic E-state index is -0.0172. The third-order valence-corrected chi connectivity index (χ3v) is 4.81. The highest BCUT2D eigenvalue weighted by Gasteiger charge is 2.29. The van der Waals surface area contributed by atoms with E-state index in [9.17, 15) is 4.79 Å². The first-order valence-electron chi connectivity index (χ1n) is 8.08. The first kappa shape index (κ1) is 17.0. The molecule has 0 aliphatic carbocycles. The Labute approximate surface area is 134 Å². The smallest absolute Gasteiger partial charge is 0.251 e. The van der Waals surface area contributed by atoms with Gasteiger partial charge in [0.2, 0.25) is 0 Å². The zero-order valence-electron chi connectivity index (χ0n) is 14.6. The van der Waals surface area contributed by atoms with Crippen molar-refractivity contribution in [1.29, 1.82) is 0 Å². The number of nitrogens with zero attached hydrogens (tertiary/aromatic N) is 2. The van der Waals surface area contributed by atoms with E-state index in [0.29, 0.717) is 6.54 Å². The summed E-state index contributed by atoms with van der Waals surface area (Å²) in [6.07, 6.45) is 0. The molecular weight excluding hydrogens is 274 g/mol. The Morgan fingerprint density at radius 1 is 1.14 bits per heavy atom. The number of hydrogen-bond acceptors (Lipinski definition) is 3. The van der Waals surface area contributed by atoms with E-state index in [1.54, 1.807) is 0 Å². The van der Waals surface area contributed by atoms with Crippen LogP contribution in [-0.4, -0.2) is 61.0 Å². The molecule has 1 fully saturated rings. The Kier molecular flexibility index (Phi) is 5.24. The van der Waals surface area contributed by atoms with Gasteiger partial charge in [-0.2, -0.15) is 0 Å². The van der Waals surface area contributed by atoms with Crippen molar-refractivity contribution in [3.63, 3.8) is 0 Å². The van der Waals surface area contributed by atoms with E-state index < -0.39 is 0 Å². The lowest BCUT2D eigenvalue weighted by Gasteiger charge is -2.43. The van der Waals surface area contributed by atoms with Crippen LogP contribution in [0.3, 0.4) is 0 Å². The Morgan fingerprint density at radius 3 is 2.36 bits per heavy atom. The van der Waals surface area contributed by atoms with E-state index in [-0.39, 0.29) is 11.4 Å². The quantitative estimate of drug-likeness (QED) is 0.925. The summed E-state index contributed by atoms with van der Waals surface area (Å²) in [7, 11) is 2.16. The number of hydrogen-bond donors (Lipinski definition) is 1. The second-order valence-corrected chi connectivity index (χ2v) is 7.08. The number of amides is 1. The predicted octanol–water partition coefficient (Wildman–Crippen LogP) is 2.06. The van der Waals surface area contributed by atoms with Crippen LogP contribution in [0.15, 0.2) is 18.2 Å². The SMILES string of the molecule is Cc1ccc(C(=O)NCC(C)(C)N2CCN(C)CC2)cc1C. The molecule has 0 spiro atoms. The summed E-state index contributed by atoms with van der Waals surface area (Å²) < 4.78 is 0. The highest BCUT2D eigenvalue weighted by molar-refractivity contribution is 5.94. The minimum absolute atomic E-state index is 0.0172. The molecule has 4 nitrogen and oxygen atoms in total. The Balaban J connectivity index is 1.93. The van der Waals surface area contributed by atoms with Crippen molar-refractivity contribution >= 4 is 5.91 Å². The van der Waals surface area contributed by atoms with Crippen LogP contribution in [0, 0.1) is 13.8 Å². The lowest BCUT2D eigenvalue weighted by Crippen LogP contribution is -2.57. The first-order valence-corrected chi connectivity index (χ1v) is 8.08. The van der Waals surface area contributed by atoms with Gasteiger partial charge in [0.15, 0.2) is 0 Å². The lowest BCUT2D eigenvalue weighted by molar-refractivity contribution is 0.0588. The van der Waals surface area contributed by atoms with Crippen molar-refractivity contribution in [3.05, 3.63) is 34.9 Å². The molecule has 1 aliphatic heterocycles. The number of likely N-dealkylation sites (N-methyl/N-ethyl adjacent to an activating group) is 1. The number of benzene rings is 1. The van der Waals surface area contributed by atoms with Crippen LogP contribution in [0.25, 0.3) is 0 Å². The average Bonchev–Trinajstić information content (AvgIpc) is 2.48. The fourth-order valence-electron chi connectivity index (χ4n) is 2.80. The van der Waals surface area contributed by atoms with E-state index in [2.05, 4.69) is 42.9 Å². The maximum absolute atomic E-state index is 12.4. The maximum atomic E-state index is 12.4. The van der Waals surface area contributed by atoms with Crippen LogP contribution >= 0.6 is 0 Å². The maximum Gasteiger partial charge on any atom is 0.251 e. The Hall–Kier alpha value is -1.39. The molecule has 2 rings (SSSR count). The lowest BCUT2D eigenvalue weighted by atomic mass is 10.0. The van der Waals surface area contributed by atoms with Gasteiger partial charge in [0.1, 0.15) is 0 Å². The van der Waals surface area contributed by atoms with Crippen LogP contribution in [0.5, 0.6) is 0 Å². The second kappa shape index (κ2) is 6.80. The van der Waals surface area contributed by atoms with Crippen LogP contribution in [0.4, 0.5) is 0 Å². The number of aryl methyl sites for hydroxylation is 2. The first-order chi connectivity index (χ1) is 10.3. The minimum Gasteiger partial charge on any atom is -0.350 e. The summed E-state index contributed by atoms with van der Waals surface area (Å²) in [5.41, 5.74) is 3.11. The van der Waals surface area contributed by atoms with Gasteiger partial charge >= 0.3 is 0 Å². The highest BCUT2D eigenvalue weighted by atomic mass is 16.1. The van der Waals surface area contributed by atoms with Gasteiger partial charge < -0.3 is 10.2 Å². The summed E-state index contributed by atoms with van der Waals surface area (Å²) in [4.78, 5) is 17.2. The number of rotatable bonds is 4.